The lowest BCUT2D eigenvalue weighted by atomic mass is 9.99. The Morgan fingerprint density at radius 1 is 1.24 bits per heavy atom. The molecule has 0 radical (unpaired) electrons. The van der Waals surface area contributed by atoms with Crippen LogP contribution in [0.15, 0.2) is 35.5 Å². The molecule has 1 aliphatic rings. The van der Waals surface area contributed by atoms with E-state index in [9.17, 15) is 4.79 Å². The topological polar surface area (TPSA) is 47.8 Å². The fraction of sp³-hybridized carbons (Fsp3) is 0.438. The molecule has 1 unspecified atom stereocenters. The van der Waals surface area contributed by atoms with Gasteiger partial charge in [0.1, 0.15) is 5.78 Å². The SMILES string of the molecule is CCn1c(SC2CCCCC2=O)nnc1-c1ccccc1. The van der Waals surface area contributed by atoms with Gasteiger partial charge in [-0.05, 0) is 19.8 Å². The number of ketones is 1. The molecule has 1 saturated carbocycles. The summed E-state index contributed by atoms with van der Waals surface area (Å²) in [5.74, 6) is 1.24. The summed E-state index contributed by atoms with van der Waals surface area (Å²) in [6, 6.07) is 10.1. The number of Topliss-reactive ketones (excluding diaryl/α,β-unsaturated/α-hetero) is 1. The zero-order valence-corrected chi connectivity index (χ0v) is 13.0. The number of carbonyl (C=O) groups is 1. The second kappa shape index (κ2) is 6.43. The minimum atomic E-state index is 0.0527. The van der Waals surface area contributed by atoms with Crippen LogP contribution in [0.5, 0.6) is 0 Å². The van der Waals surface area contributed by atoms with Crippen LogP contribution in [-0.4, -0.2) is 25.8 Å². The fourth-order valence-corrected chi connectivity index (χ4v) is 3.88. The monoisotopic (exact) mass is 301 g/mol. The minimum Gasteiger partial charge on any atom is -0.302 e. The predicted molar refractivity (Wildman–Crippen MR) is 84.3 cm³/mol. The van der Waals surface area contributed by atoms with Crippen molar-refractivity contribution in [1.29, 1.82) is 0 Å². The summed E-state index contributed by atoms with van der Waals surface area (Å²) in [4.78, 5) is 12.0. The van der Waals surface area contributed by atoms with Gasteiger partial charge in [-0.25, -0.2) is 0 Å². The summed E-state index contributed by atoms with van der Waals surface area (Å²) in [6.45, 7) is 2.89. The van der Waals surface area contributed by atoms with Gasteiger partial charge in [0, 0.05) is 18.5 Å². The molecule has 1 aromatic carbocycles. The van der Waals surface area contributed by atoms with Crippen LogP contribution >= 0.6 is 11.8 Å². The largest absolute Gasteiger partial charge is 0.302 e. The zero-order valence-electron chi connectivity index (χ0n) is 12.2. The molecule has 0 aliphatic heterocycles. The molecule has 0 amide bonds. The Balaban J connectivity index is 1.86. The van der Waals surface area contributed by atoms with Gasteiger partial charge in [0.15, 0.2) is 11.0 Å². The first-order chi connectivity index (χ1) is 10.3. The Labute approximate surface area is 129 Å². The number of rotatable bonds is 4. The molecule has 0 bridgehead atoms. The highest BCUT2D eigenvalue weighted by molar-refractivity contribution is 8.00. The summed E-state index contributed by atoms with van der Waals surface area (Å²) < 4.78 is 2.10. The van der Waals surface area contributed by atoms with Crippen molar-refractivity contribution in [3.05, 3.63) is 30.3 Å². The van der Waals surface area contributed by atoms with E-state index in [1.165, 1.54) is 0 Å². The van der Waals surface area contributed by atoms with Crippen molar-refractivity contribution in [2.24, 2.45) is 0 Å². The first-order valence-corrected chi connectivity index (χ1v) is 8.35. The molecule has 21 heavy (non-hydrogen) atoms. The summed E-state index contributed by atoms with van der Waals surface area (Å²) in [5.41, 5.74) is 1.06. The van der Waals surface area contributed by atoms with E-state index in [1.807, 2.05) is 30.3 Å². The van der Waals surface area contributed by atoms with E-state index >= 15 is 0 Å². The molecule has 3 rings (SSSR count). The average molecular weight is 301 g/mol. The Hall–Kier alpha value is -1.62. The molecule has 0 saturated heterocycles. The summed E-state index contributed by atoms with van der Waals surface area (Å²) >= 11 is 1.58. The van der Waals surface area contributed by atoms with Crippen LogP contribution in [0.2, 0.25) is 0 Å². The third-order valence-corrected chi connectivity index (χ3v) is 5.11. The van der Waals surface area contributed by atoms with Gasteiger partial charge >= 0.3 is 0 Å². The quantitative estimate of drug-likeness (QED) is 0.866. The molecule has 1 atom stereocenters. The number of hydrogen-bond acceptors (Lipinski definition) is 4. The van der Waals surface area contributed by atoms with E-state index < -0.39 is 0 Å². The van der Waals surface area contributed by atoms with Gasteiger partial charge in [-0.1, -0.05) is 48.5 Å². The van der Waals surface area contributed by atoms with Gasteiger partial charge in [0.2, 0.25) is 0 Å². The van der Waals surface area contributed by atoms with Crippen molar-refractivity contribution in [3.63, 3.8) is 0 Å². The van der Waals surface area contributed by atoms with Crippen molar-refractivity contribution in [2.45, 2.75) is 49.6 Å². The summed E-state index contributed by atoms with van der Waals surface area (Å²) in [7, 11) is 0. The van der Waals surface area contributed by atoms with Gasteiger partial charge in [0.05, 0.1) is 5.25 Å². The molecule has 0 spiro atoms. The van der Waals surface area contributed by atoms with Gasteiger partial charge < -0.3 is 4.57 Å². The van der Waals surface area contributed by atoms with Crippen LogP contribution in [0.1, 0.15) is 32.6 Å². The number of thioether (sulfide) groups is 1. The highest BCUT2D eigenvalue weighted by atomic mass is 32.2. The van der Waals surface area contributed by atoms with Gasteiger partial charge in [-0.3, -0.25) is 4.79 Å². The smallest absolute Gasteiger partial charge is 0.192 e. The Kier molecular flexibility index (Phi) is 4.39. The van der Waals surface area contributed by atoms with Crippen molar-refractivity contribution in [2.75, 3.05) is 0 Å². The number of aromatic nitrogens is 3. The number of benzene rings is 1. The van der Waals surface area contributed by atoms with Crippen LogP contribution in [0.4, 0.5) is 0 Å². The lowest BCUT2D eigenvalue weighted by Gasteiger charge is -2.19. The zero-order chi connectivity index (χ0) is 14.7. The van der Waals surface area contributed by atoms with Gasteiger partial charge in [0.25, 0.3) is 0 Å². The Bertz CT molecular complexity index is 624. The predicted octanol–water partition coefficient (Wildman–Crippen LogP) is 3.57. The molecule has 1 heterocycles. The average Bonchev–Trinajstić information content (AvgIpc) is 2.93. The lowest BCUT2D eigenvalue weighted by Crippen LogP contribution is -2.21. The van der Waals surface area contributed by atoms with Crippen LogP contribution in [-0.2, 0) is 11.3 Å². The van der Waals surface area contributed by atoms with Crippen LogP contribution in [0.3, 0.4) is 0 Å². The summed E-state index contributed by atoms with van der Waals surface area (Å²) in [6.07, 6.45) is 3.84. The molecule has 1 aromatic heterocycles. The Morgan fingerprint density at radius 3 is 2.76 bits per heavy atom. The maximum atomic E-state index is 12.0. The van der Waals surface area contributed by atoms with Crippen LogP contribution in [0.25, 0.3) is 11.4 Å². The van der Waals surface area contributed by atoms with E-state index in [2.05, 4.69) is 21.7 Å². The standard InChI is InChI=1S/C16H19N3OS/c1-2-19-15(12-8-4-3-5-9-12)17-18-16(19)21-14-11-7-6-10-13(14)20/h3-5,8-9,14H,2,6-7,10-11H2,1H3. The summed E-state index contributed by atoms with van der Waals surface area (Å²) in [5, 5.41) is 9.55. The van der Waals surface area contributed by atoms with E-state index in [0.29, 0.717) is 12.2 Å². The molecular weight excluding hydrogens is 282 g/mol. The molecule has 1 fully saturated rings. The van der Waals surface area contributed by atoms with E-state index in [1.54, 1.807) is 11.8 Å². The highest BCUT2D eigenvalue weighted by Crippen LogP contribution is 2.32. The van der Waals surface area contributed by atoms with Crippen molar-refractivity contribution >= 4 is 17.5 Å². The number of nitrogens with zero attached hydrogens (tertiary/aromatic N) is 3. The maximum Gasteiger partial charge on any atom is 0.192 e. The number of carbonyl (C=O) groups excluding carboxylic acids is 1. The molecule has 4 nitrogen and oxygen atoms in total. The number of hydrogen-bond donors (Lipinski definition) is 0. The van der Waals surface area contributed by atoms with Gasteiger partial charge in [-0.15, -0.1) is 10.2 Å². The third kappa shape index (κ3) is 3.02. The maximum absolute atomic E-state index is 12.0. The molecule has 5 heteroatoms. The van der Waals surface area contributed by atoms with Crippen molar-refractivity contribution < 1.29 is 4.79 Å². The molecule has 2 aromatic rings. The first-order valence-electron chi connectivity index (χ1n) is 7.47. The second-order valence-electron chi connectivity index (χ2n) is 5.24. The third-order valence-electron chi connectivity index (χ3n) is 3.81. The lowest BCUT2D eigenvalue weighted by molar-refractivity contribution is -0.119. The van der Waals surface area contributed by atoms with E-state index in [-0.39, 0.29) is 5.25 Å². The second-order valence-corrected chi connectivity index (χ2v) is 6.40. The first kappa shape index (κ1) is 14.3. The van der Waals surface area contributed by atoms with E-state index in [0.717, 1.165) is 42.4 Å². The highest BCUT2D eigenvalue weighted by Gasteiger charge is 2.26. The van der Waals surface area contributed by atoms with Crippen LogP contribution in [0, 0.1) is 0 Å². The van der Waals surface area contributed by atoms with Crippen LogP contribution < -0.4 is 0 Å². The molecule has 1 aliphatic carbocycles. The normalized spacial score (nSPS) is 18.9. The Morgan fingerprint density at radius 2 is 2.05 bits per heavy atom. The van der Waals surface area contributed by atoms with Gasteiger partial charge in [-0.2, -0.15) is 0 Å². The molecular formula is C16H19N3OS. The van der Waals surface area contributed by atoms with E-state index in [4.69, 9.17) is 0 Å². The fourth-order valence-electron chi connectivity index (χ4n) is 2.66. The van der Waals surface area contributed by atoms with Crippen molar-refractivity contribution in [3.8, 4) is 11.4 Å². The van der Waals surface area contributed by atoms with Crippen molar-refractivity contribution in [1.82, 2.24) is 14.8 Å². The molecule has 0 N–H and O–H groups in total. The minimum absolute atomic E-state index is 0.0527. The molecule has 110 valence electrons.